The molecule has 2 aromatic heterocycles. The molecule has 0 aliphatic heterocycles. The van der Waals surface area contributed by atoms with Crippen LogP contribution in [0.1, 0.15) is 30.3 Å². The van der Waals surface area contributed by atoms with Gasteiger partial charge in [0.05, 0.1) is 24.4 Å². The third kappa shape index (κ3) is 3.88. The van der Waals surface area contributed by atoms with Crippen LogP contribution in [0.15, 0.2) is 36.5 Å². The zero-order chi connectivity index (χ0) is 15.9. The van der Waals surface area contributed by atoms with Crippen molar-refractivity contribution in [3.8, 4) is 17.1 Å². The molecule has 0 unspecified atom stereocenters. The van der Waals surface area contributed by atoms with Gasteiger partial charge in [0, 0.05) is 12.6 Å². The van der Waals surface area contributed by atoms with E-state index < -0.39 is 11.8 Å². The smallest absolute Gasteiger partial charge is 0.306 e. The van der Waals surface area contributed by atoms with Crippen LogP contribution in [0, 0.1) is 0 Å². The molecule has 2 rings (SSSR count). The van der Waals surface area contributed by atoms with Crippen molar-refractivity contribution in [1.29, 1.82) is 0 Å². The number of carbonyl (C=O) groups excluding carboxylic acids is 2. The summed E-state index contributed by atoms with van der Waals surface area (Å²) >= 11 is 0. The van der Waals surface area contributed by atoms with Gasteiger partial charge in [0.25, 0.3) is 0 Å². The third-order valence-electron chi connectivity index (χ3n) is 2.93. The Morgan fingerprint density at radius 2 is 1.95 bits per heavy atom. The maximum Gasteiger partial charge on any atom is 0.306 e. The predicted molar refractivity (Wildman–Crippen MR) is 79.3 cm³/mol. The van der Waals surface area contributed by atoms with Gasteiger partial charge in [0.15, 0.2) is 5.78 Å². The minimum Gasteiger partial charge on any atom is -0.506 e. The van der Waals surface area contributed by atoms with Crippen LogP contribution in [0.5, 0.6) is 5.75 Å². The van der Waals surface area contributed by atoms with Gasteiger partial charge in [-0.15, -0.1) is 0 Å². The Balaban J connectivity index is 2.16. The molecular formula is C16H16N2O4. The van der Waals surface area contributed by atoms with E-state index >= 15 is 0 Å². The zero-order valence-electron chi connectivity index (χ0n) is 12.2. The lowest BCUT2D eigenvalue weighted by molar-refractivity contribution is -0.143. The summed E-state index contributed by atoms with van der Waals surface area (Å²) in [7, 11) is 0. The fourth-order valence-electron chi connectivity index (χ4n) is 1.88. The Morgan fingerprint density at radius 1 is 1.14 bits per heavy atom. The topological polar surface area (TPSA) is 89.4 Å². The molecule has 114 valence electrons. The van der Waals surface area contributed by atoms with Crippen LogP contribution in [-0.4, -0.2) is 33.4 Å². The highest BCUT2D eigenvalue weighted by Crippen LogP contribution is 2.22. The Bertz CT molecular complexity index is 671. The molecule has 0 aliphatic carbocycles. The van der Waals surface area contributed by atoms with Crippen LogP contribution in [0.3, 0.4) is 0 Å². The number of esters is 1. The number of rotatable bonds is 6. The standard InChI is InChI=1S/C16H16N2O4/c1-2-22-15(21)9-8-14(20)16-13(19)7-6-12(18-16)11-5-3-4-10-17-11/h3-7,10,19H,2,8-9H2,1H3. The maximum atomic E-state index is 12.1. The number of nitrogens with zero attached hydrogens (tertiary/aromatic N) is 2. The first kappa shape index (κ1) is 15.6. The Kier molecular flexibility index (Phi) is 5.19. The van der Waals surface area contributed by atoms with Crippen LogP contribution >= 0.6 is 0 Å². The van der Waals surface area contributed by atoms with Crippen LogP contribution in [0.25, 0.3) is 11.4 Å². The normalized spacial score (nSPS) is 10.2. The van der Waals surface area contributed by atoms with Gasteiger partial charge in [-0.3, -0.25) is 14.6 Å². The van der Waals surface area contributed by atoms with E-state index in [9.17, 15) is 14.7 Å². The Morgan fingerprint density at radius 3 is 2.64 bits per heavy atom. The number of hydrogen-bond acceptors (Lipinski definition) is 6. The summed E-state index contributed by atoms with van der Waals surface area (Å²) in [4.78, 5) is 31.7. The molecule has 0 spiro atoms. The van der Waals surface area contributed by atoms with Crippen LogP contribution < -0.4 is 0 Å². The van der Waals surface area contributed by atoms with Gasteiger partial charge < -0.3 is 9.84 Å². The largest absolute Gasteiger partial charge is 0.506 e. The quantitative estimate of drug-likeness (QED) is 0.650. The minimum atomic E-state index is -0.448. The molecule has 0 bridgehead atoms. The third-order valence-corrected chi connectivity index (χ3v) is 2.93. The van der Waals surface area contributed by atoms with Crippen molar-refractivity contribution in [2.45, 2.75) is 19.8 Å². The van der Waals surface area contributed by atoms with E-state index in [0.717, 1.165) is 0 Å². The van der Waals surface area contributed by atoms with Crippen molar-refractivity contribution in [1.82, 2.24) is 9.97 Å². The molecular weight excluding hydrogens is 284 g/mol. The SMILES string of the molecule is CCOC(=O)CCC(=O)c1nc(-c2ccccn2)ccc1O. The number of pyridine rings is 2. The van der Waals surface area contributed by atoms with E-state index in [1.807, 2.05) is 0 Å². The molecule has 0 amide bonds. The number of aromatic nitrogens is 2. The molecule has 0 fully saturated rings. The van der Waals surface area contributed by atoms with Gasteiger partial charge in [-0.05, 0) is 31.2 Å². The van der Waals surface area contributed by atoms with Crippen molar-refractivity contribution in [3.63, 3.8) is 0 Å². The van der Waals surface area contributed by atoms with Gasteiger partial charge in [-0.1, -0.05) is 6.07 Å². The molecule has 6 nitrogen and oxygen atoms in total. The number of ketones is 1. The van der Waals surface area contributed by atoms with E-state index in [1.165, 1.54) is 6.07 Å². The summed E-state index contributed by atoms with van der Waals surface area (Å²) in [6.07, 6.45) is 1.51. The van der Waals surface area contributed by atoms with Crippen LogP contribution in [0.4, 0.5) is 0 Å². The van der Waals surface area contributed by atoms with Gasteiger partial charge >= 0.3 is 5.97 Å². The molecule has 0 saturated heterocycles. The molecule has 0 aliphatic rings. The van der Waals surface area contributed by atoms with Crippen molar-refractivity contribution in [2.75, 3.05) is 6.61 Å². The molecule has 0 atom stereocenters. The minimum absolute atomic E-state index is 0.0401. The van der Waals surface area contributed by atoms with Gasteiger partial charge in [0.1, 0.15) is 11.4 Å². The average Bonchev–Trinajstić information content (AvgIpc) is 2.54. The van der Waals surface area contributed by atoms with E-state index in [0.29, 0.717) is 11.4 Å². The Hall–Kier alpha value is -2.76. The summed E-state index contributed by atoms with van der Waals surface area (Å²) in [5.74, 6) is -1.08. The van der Waals surface area contributed by atoms with Crippen molar-refractivity contribution in [2.24, 2.45) is 0 Å². The molecule has 2 heterocycles. The second-order valence-corrected chi connectivity index (χ2v) is 4.51. The average molecular weight is 300 g/mol. The van der Waals surface area contributed by atoms with E-state index in [2.05, 4.69) is 9.97 Å². The zero-order valence-corrected chi connectivity index (χ0v) is 12.2. The molecule has 0 aromatic carbocycles. The number of Topliss-reactive ketones (excluding diaryl/α,β-unsaturated/α-hetero) is 1. The monoisotopic (exact) mass is 300 g/mol. The summed E-state index contributed by atoms with van der Waals surface area (Å²) in [5, 5.41) is 9.80. The lowest BCUT2D eigenvalue weighted by atomic mass is 10.1. The van der Waals surface area contributed by atoms with Crippen molar-refractivity contribution < 1.29 is 19.4 Å². The molecule has 1 N–H and O–H groups in total. The number of ether oxygens (including phenoxy) is 1. The highest BCUT2D eigenvalue weighted by molar-refractivity contribution is 5.98. The molecule has 0 saturated carbocycles. The molecule has 0 radical (unpaired) electrons. The molecule has 6 heteroatoms. The number of hydrogen-bond donors (Lipinski definition) is 1. The number of aromatic hydroxyl groups is 1. The summed E-state index contributed by atoms with van der Waals surface area (Å²) < 4.78 is 4.77. The lowest BCUT2D eigenvalue weighted by Gasteiger charge is -2.06. The van der Waals surface area contributed by atoms with Gasteiger partial charge in [-0.25, -0.2) is 4.98 Å². The van der Waals surface area contributed by atoms with Gasteiger partial charge in [0.2, 0.25) is 0 Å². The molecule has 2 aromatic rings. The first-order chi connectivity index (χ1) is 10.6. The summed E-state index contributed by atoms with van der Waals surface area (Å²) in [6, 6.07) is 8.31. The maximum absolute atomic E-state index is 12.1. The van der Waals surface area contributed by atoms with E-state index in [-0.39, 0.29) is 30.9 Å². The summed E-state index contributed by atoms with van der Waals surface area (Å²) in [5.41, 5.74) is 1.02. The number of carbonyl (C=O) groups is 2. The lowest BCUT2D eigenvalue weighted by Crippen LogP contribution is -2.09. The van der Waals surface area contributed by atoms with Gasteiger partial charge in [-0.2, -0.15) is 0 Å². The van der Waals surface area contributed by atoms with Crippen molar-refractivity contribution >= 4 is 11.8 Å². The highest BCUT2D eigenvalue weighted by atomic mass is 16.5. The second kappa shape index (κ2) is 7.31. The first-order valence-electron chi connectivity index (χ1n) is 6.92. The highest BCUT2D eigenvalue weighted by Gasteiger charge is 2.16. The predicted octanol–water partition coefficient (Wildman–Crippen LogP) is 2.38. The fourth-order valence-corrected chi connectivity index (χ4v) is 1.88. The van der Waals surface area contributed by atoms with Crippen LogP contribution in [-0.2, 0) is 9.53 Å². The van der Waals surface area contributed by atoms with E-state index in [4.69, 9.17) is 4.74 Å². The van der Waals surface area contributed by atoms with E-state index in [1.54, 1.807) is 37.4 Å². The Labute approximate surface area is 127 Å². The fraction of sp³-hybridized carbons (Fsp3) is 0.250. The molecule has 22 heavy (non-hydrogen) atoms. The van der Waals surface area contributed by atoms with Crippen molar-refractivity contribution in [3.05, 3.63) is 42.2 Å². The van der Waals surface area contributed by atoms with Crippen LogP contribution in [0.2, 0.25) is 0 Å². The first-order valence-corrected chi connectivity index (χ1v) is 6.92. The summed E-state index contributed by atoms with van der Waals surface area (Å²) in [6.45, 7) is 1.97. The second-order valence-electron chi connectivity index (χ2n) is 4.51.